The lowest BCUT2D eigenvalue weighted by atomic mass is 10.1. The van der Waals surface area contributed by atoms with E-state index in [2.05, 4.69) is 41.5 Å². The van der Waals surface area contributed by atoms with Gasteiger partial charge in [0.1, 0.15) is 4.33 Å². The molecule has 0 amide bonds. The maximum Gasteiger partial charge on any atom is 0.214 e. The van der Waals surface area contributed by atoms with Crippen LogP contribution in [-0.2, 0) is 0 Å². The maximum atomic E-state index is 6.04. The Bertz CT molecular complexity index is 641. The Balaban J connectivity index is 1.79. The van der Waals surface area contributed by atoms with Gasteiger partial charge >= 0.3 is 0 Å². The summed E-state index contributed by atoms with van der Waals surface area (Å²) in [6.07, 6.45) is 0.842. The number of alkyl halides is 2. The summed E-state index contributed by atoms with van der Waals surface area (Å²) in [5.74, 6) is 1.15. The van der Waals surface area contributed by atoms with Crippen molar-refractivity contribution >= 4 is 35.0 Å². The predicted molar refractivity (Wildman–Crippen MR) is 81.9 cm³/mol. The fraction of sp³-hybridized carbons (Fsp3) is 0.462. The fourth-order valence-electron chi connectivity index (χ4n) is 2.09. The first kappa shape index (κ1) is 14.2. The topological polar surface area (TPSA) is 43.6 Å². The zero-order chi connectivity index (χ0) is 14.3. The first-order chi connectivity index (χ1) is 9.47. The standard InChI is InChI=1S/C13H14Cl2N4S/c1-8-3-4-11(9(2)5-8)19-12(16-17-18-19)20-7-10-6-13(10,14)15/h3-5,10H,6-7H2,1-2H3/t10-/m1/s1. The second-order valence-corrected chi connectivity index (χ2v) is 7.67. The third kappa shape index (κ3) is 2.80. The Morgan fingerprint density at radius 2 is 2.15 bits per heavy atom. The molecule has 1 fully saturated rings. The van der Waals surface area contributed by atoms with E-state index >= 15 is 0 Å². The largest absolute Gasteiger partial charge is 0.214 e. The monoisotopic (exact) mass is 328 g/mol. The summed E-state index contributed by atoms with van der Waals surface area (Å²) in [5, 5.41) is 12.7. The Kier molecular flexibility index (Phi) is 3.69. The molecule has 7 heteroatoms. The van der Waals surface area contributed by atoms with Crippen LogP contribution in [0, 0.1) is 19.8 Å². The van der Waals surface area contributed by atoms with Crippen molar-refractivity contribution in [1.82, 2.24) is 20.2 Å². The van der Waals surface area contributed by atoms with Gasteiger partial charge in [-0.1, -0.05) is 29.5 Å². The van der Waals surface area contributed by atoms with E-state index in [1.807, 2.05) is 6.07 Å². The molecule has 0 bridgehead atoms. The minimum absolute atomic E-state index is 0.320. The molecule has 0 radical (unpaired) electrons. The number of tetrazole rings is 1. The zero-order valence-corrected chi connectivity index (χ0v) is 13.5. The third-order valence-electron chi connectivity index (χ3n) is 3.39. The maximum absolute atomic E-state index is 6.04. The molecule has 1 aliphatic carbocycles. The molecule has 1 heterocycles. The zero-order valence-electron chi connectivity index (χ0n) is 11.2. The molecule has 2 aromatic rings. The van der Waals surface area contributed by atoms with Crippen LogP contribution in [0.25, 0.3) is 5.69 Å². The molecule has 3 rings (SSSR count). The molecule has 106 valence electrons. The lowest BCUT2D eigenvalue weighted by molar-refractivity contribution is 0.751. The highest BCUT2D eigenvalue weighted by Crippen LogP contribution is 2.54. The number of hydrogen-bond acceptors (Lipinski definition) is 4. The fourth-order valence-corrected chi connectivity index (χ4v) is 3.90. The number of benzene rings is 1. The van der Waals surface area contributed by atoms with Crippen LogP contribution in [0.5, 0.6) is 0 Å². The smallest absolute Gasteiger partial charge is 0.187 e. The summed E-state index contributed by atoms with van der Waals surface area (Å²) in [5.41, 5.74) is 3.37. The van der Waals surface area contributed by atoms with Gasteiger partial charge in [0.05, 0.1) is 5.69 Å². The van der Waals surface area contributed by atoms with E-state index in [-0.39, 0.29) is 0 Å². The van der Waals surface area contributed by atoms with Crippen molar-refractivity contribution < 1.29 is 0 Å². The third-order valence-corrected chi connectivity index (χ3v) is 5.40. The Morgan fingerprint density at radius 1 is 1.40 bits per heavy atom. The molecular weight excluding hydrogens is 315 g/mol. The molecular formula is C13H14Cl2N4S. The molecule has 20 heavy (non-hydrogen) atoms. The van der Waals surface area contributed by atoms with E-state index in [0.717, 1.165) is 28.6 Å². The van der Waals surface area contributed by atoms with E-state index in [4.69, 9.17) is 23.2 Å². The van der Waals surface area contributed by atoms with Crippen LogP contribution >= 0.6 is 35.0 Å². The molecule has 1 atom stereocenters. The van der Waals surface area contributed by atoms with Crippen LogP contribution < -0.4 is 0 Å². The summed E-state index contributed by atoms with van der Waals surface area (Å²) in [4.78, 5) is 0. The molecule has 0 N–H and O–H groups in total. The average Bonchev–Trinajstić information content (AvgIpc) is 2.80. The summed E-state index contributed by atoms with van der Waals surface area (Å²) in [7, 11) is 0. The lowest BCUT2D eigenvalue weighted by Crippen LogP contribution is -2.03. The Hall–Kier alpha value is -0.780. The molecule has 1 aliphatic rings. The predicted octanol–water partition coefficient (Wildman–Crippen LogP) is 3.57. The minimum atomic E-state index is -0.551. The quantitative estimate of drug-likeness (QED) is 0.635. The van der Waals surface area contributed by atoms with E-state index in [0.29, 0.717) is 5.92 Å². The molecule has 0 aliphatic heterocycles. The molecule has 0 saturated heterocycles. The van der Waals surface area contributed by atoms with Crippen molar-refractivity contribution in [1.29, 1.82) is 0 Å². The summed E-state index contributed by atoms with van der Waals surface area (Å²) < 4.78 is 1.22. The molecule has 4 nitrogen and oxygen atoms in total. The van der Waals surface area contributed by atoms with Crippen molar-refractivity contribution in [2.75, 3.05) is 5.75 Å². The average molecular weight is 329 g/mol. The molecule has 1 saturated carbocycles. The van der Waals surface area contributed by atoms with Gasteiger partial charge in [0.25, 0.3) is 0 Å². The van der Waals surface area contributed by atoms with E-state index in [1.165, 1.54) is 5.56 Å². The number of thioether (sulfide) groups is 1. The first-order valence-electron chi connectivity index (χ1n) is 6.34. The van der Waals surface area contributed by atoms with Gasteiger partial charge in [0.15, 0.2) is 0 Å². The number of halogens is 2. The van der Waals surface area contributed by atoms with Crippen molar-refractivity contribution in [3.05, 3.63) is 29.3 Å². The van der Waals surface area contributed by atoms with Gasteiger partial charge in [0, 0.05) is 11.7 Å². The lowest BCUT2D eigenvalue weighted by Gasteiger charge is -2.08. The summed E-state index contributed by atoms with van der Waals surface area (Å²) in [6.45, 7) is 4.13. The first-order valence-corrected chi connectivity index (χ1v) is 8.08. The Morgan fingerprint density at radius 3 is 2.80 bits per heavy atom. The van der Waals surface area contributed by atoms with E-state index in [9.17, 15) is 0 Å². The SMILES string of the molecule is Cc1ccc(-n2nnnc2SC[C@H]2CC2(Cl)Cl)c(C)c1. The number of hydrogen-bond donors (Lipinski definition) is 0. The van der Waals surface area contributed by atoms with Crippen LogP contribution in [0.2, 0.25) is 0 Å². The number of nitrogens with zero attached hydrogens (tertiary/aromatic N) is 4. The van der Waals surface area contributed by atoms with Gasteiger partial charge in [-0.15, -0.1) is 28.3 Å². The van der Waals surface area contributed by atoms with Crippen molar-refractivity contribution in [2.45, 2.75) is 29.8 Å². The Labute approximate surface area is 131 Å². The van der Waals surface area contributed by atoms with Gasteiger partial charge in [-0.05, 0) is 42.3 Å². The van der Waals surface area contributed by atoms with Crippen molar-refractivity contribution in [3.63, 3.8) is 0 Å². The van der Waals surface area contributed by atoms with Gasteiger partial charge < -0.3 is 0 Å². The second-order valence-electron chi connectivity index (χ2n) is 5.14. The number of rotatable bonds is 4. The number of aromatic nitrogens is 4. The van der Waals surface area contributed by atoms with Crippen LogP contribution in [0.3, 0.4) is 0 Å². The molecule has 1 aromatic carbocycles. The molecule has 0 spiro atoms. The summed E-state index contributed by atoms with van der Waals surface area (Å²) in [6, 6.07) is 6.21. The molecule has 0 unspecified atom stereocenters. The van der Waals surface area contributed by atoms with E-state index in [1.54, 1.807) is 16.4 Å². The van der Waals surface area contributed by atoms with E-state index < -0.39 is 4.33 Å². The summed E-state index contributed by atoms with van der Waals surface area (Å²) >= 11 is 13.7. The van der Waals surface area contributed by atoms with Gasteiger partial charge in [-0.2, -0.15) is 4.68 Å². The van der Waals surface area contributed by atoms with Crippen molar-refractivity contribution in [3.8, 4) is 5.69 Å². The van der Waals surface area contributed by atoms with Crippen LogP contribution in [0.4, 0.5) is 0 Å². The van der Waals surface area contributed by atoms with Crippen LogP contribution in [0.1, 0.15) is 17.5 Å². The van der Waals surface area contributed by atoms with Crippen LogP contribution in [-0.4, -0.2) is 30.3 Å². The van der Waals surface area contributed by atoms with Gasteiger partial charge in [0.2, 0.25) is 5.16 Å². The van der Waals surface area contributed by atoms with Gasteiger partial charge in [-0.3, -0.25) is 0 Å². The highest BCUT2D eigenvalue weighted by atomic mass is 35.5. The second kappa shape index (κ2) is 5.20. The minimum Gasteiger partial charge on any atom is -0.187 e. The van der Waals surface area contributed by atoms with Gasteiger partial charge in [-0.25, -0.2) is 0 Å². The highest BCUT2D eigenvalue weighted by molar-refractivity contribution is 7.99. The molecule has 1 aromatic heterocycles. The van der Waals surface area contributed by atoms with Crippen molar-refractivity contribution in [2.24, 2.45) is 5.92 Å². The highest BCUT2D eigenvalue weighted by Gasteiger charge is 2.51. The van der Waals surface area contributed by atoms with Crippen LogP contribution in [0.15, 0.2) is 23.4 Å². The normalized spacial score (nSPS) is 20.1. The number of aryl methyl sites for hydroxylation is 2.